The van der Waals surface area contributed by atoms with Crippen LogP contribution in [-0.2, 0) is 19.1 Å². The van der Waals surface area contributed by atoms with Gasteiger partial charge in [0.25, 0.3) is 0 Å². The molecule has 2 heterocycles. The van der Waals surface area contributed by atoms with Gasteiger partial charge in [-0.05, 0) is 25.5 Å². The zero-order chi connectivity index (χ0) is 12.7. The van der Waals surface area contributed by atoms with E-state index in [1.54, 1.807) is 6.20 Å². The molecule has 0 unspecified atom stereocenters. The molecule has 1 aliphatic rings. The summed E-state index contributed by atoms with van der Waals surface area (Å²) in [4.78, 5) is 20.3. The molecule has 0 radical (unpaired) electrons. The van der Waals surface area contributed by atoms with Crippen molar-refractivity contribution in [2.45, 2.75) is 25.6 Å². The summed E-state index contributed by atoms with van der Waals surface area (Å²) in [7, 11) is 0. The van der Waals surface area contributed by atoms with E-state index in [-0.39, 0.29) is 6.15 Å². The van der Waals surface area contributed by atoms with Gasteiger partial charge in [0.15, 0.2) is 5.79 Å². The minimum absolute atomic E-state index is 0.250. The number of carbonyl (C=O) groups excluding carboxylic acids is 2. The Bertz CT molecular complexity index is 361. The molecule has 2 rings (SSSR count). The van der Waals surface area contributed by atoms with Gasteiger partial charge in [-0.2, -0.15) is 9.59 Å². The Kier molecular flexibility index (Phi) is 4.97. The Labute approximate surface area is 99.8 Å². The fourth-order valence-corrected chi connectivity index (χ4v) is 1.50. The number of aromatic nitrogens is 1. The first-order valence-corrected chi connectivity index (χ1v) is 5.26. The molecule has 0 atom stereocenters. The van der Waals surface area contributed by atoms with E-state index in [1.807, 2.05) is 26.1 Å². The van der Waals surface area contributed by atoms with E-state index in [1.165, 1.54) is 5.56 Å². The highest BCUT2D eigenvalue weighted by Crippen LogP contribution is 2.26. The van der Waals surface area contributed by atoms with E-state index in [0.717, 1.165) is 0 Å². The van der Waals surface area contributed by atoms with E-state index in [0.29, 0.717) is 19.1 Å². The van der Waals surface area contributed by atoms with Crippen LogP contribution in [0.25, 0.3) is 0 Å². The predicted octanol–water partition coefficient (Wildman–Crippen LogP) is 1.36. The van der Waals surface area contributed by atoms with Gasteiger partial charge in [0.05, 0.1) is 13.2 Å². The van der Waals surface area contributed by atoms with Gasteiger partial charge in [-0.15, -0.1) is 0 Å². The van der Waals surface area contributed by atoms with Gasteiger partial charge in [-0.3, -0.25) is 4.98 Å². The summed E-state index contributed by atoms with van der Waals surface area (Å²) in [6.45, 7) is 5.29. The van der Waals surface area contributed by atoms with Gasteiger partial charge in [0, 0.05) is 18.3 Å². The lowest BCUT2D eigenvalue weighted by Gasteiger charge is -2.34. The largest absolute Gasteiger partial charge is 0.373 e. The molecular weight excluding hydrogens is 222 g/mol. The van der Waals surface area contributed by atoms with Crippen molar-refractivity contribution in [3.8, 4) is 0 Å². The van der Waals surface area contributed by atoms with Crippen LogP contribution < -0.4 is 0 Å². The first-order chi connectivity index (χ1) is 8.09. The molecule has 5 nitrogen and oxygen atoms in total. The van der Waals surface area contributed by atoms with Gasteiger partial charge >= 0.3 is 6.15 Å². The summed E-state index contributed by atoms with van der Waals surface area (Å²) in [5, 5.41) is 0. The minimum atomic E-state index is -0.432. The van der Waals surface area contributed by atoms with Crippen LogP contribution in [0.1, 0.15) is 25.3 Å². The van der Waals surface area contributed by atoms with Crippen molar-refractivity contribution in [2.75, 3.05) is 13.2 Å². The van der Waals surface area contributed by atoms with Crippen molar-refractivity contribution in [1.29, 1.82) is 0 Å². The summed E-state index contributed by atoms with van der Waals surface area (Å²) in [6.07, 6.45) is 3.90. The fraction of sp³-hybridized carbons (Fsp3) is 0.500. The first kappa shape index (κ1) is 13.5. The van der Waals surface area contributed by atoms with Crippen LogP contribution in [0.2, 0.25) is 0 Å². The predicted molar refractivity (Wildman–Crippen MR) is 58.0 cm³/mol. The molecule has 1 aliphatic heterocycles. The Morgan fingerprint density at radius 2 is 1.94 bits per heavy atom. The smallest absolute Gasteiger partial charge is 0.350 e. The summed E-state index contributed by atoms with van der Waals surface area (Å²) >= 11 is 0. The highest BCUT2D eigenvalue weighted by atomic mass is 16.7. The maximum absolute atomic E-state index is 8.12. The Morgan fingerprint density at radius 3 is 2.41 bits per heavy atom. The second-order valence-corrected chi connectivity index (χ2v) is 4.09. The Morgan fingerprint density at radius 1 is 1.35 bits per heavy atom. The lowest BCUT2D eigenvalue weighted by molar-refractivity contribution is -0.251. The molecule has 0 N–H and O–H groups in total. The molecule has 0 bridgehead atoms. The molecule has 1 aromatic rings. The van der Waals surface area contributed by atoms with Crippen molar-refractivity contribution in [1.82, 2.24) is 4.98 Å². The number of nitrogens with zero attached hydrogens (tertiary/aromatic N) is 1. The molecule has 1 saturated heterocycles. The minimum Gasteiger partial charge on any atom is -0.350 e. The molecule has 17 heavy (non-hydrogen) atoms. The quantitative estimate of drug-likeness (QED) is 0.738. The fourth-order valence-electron chi connectivity index (χ4n) is 1.50. The maximum Gasteiger partial charge on any atom is 0.373 e. The highest BCUT2D eigenvalue weighted by molar-refractivity contribution is 5.20. The van der Waals surface area contributed by atoms with Crippen molar-refractivity contribution in [3.05, 3.63) is 30.1 Å². The highest BCUT2D eigenvalue weighted by Gasteiger charge is 2.28. The van der Waals surface area contributed by atoms with Crippen LogP contribution in [0.5, 0.6) is 0 Å². The summed E-state index contributed by atoms with van der Waals surface area (Å²) in [5.41, 5.74) is 1.18. The van der Waals surface area contributed by atoms with E-state index >= 15 is 0 Å². The van der Waals surface area contributed by atoms with E-state index in [4.69, 9.17) is 19.1 Å². The number of ether oxygens (including phenoxy) is 2. The molecule has 0 aliphatic carbocycles. The number of rotatable bonds is 1. The maximum atomic E-state index is 8.12. The molecule has 0 saturated carbocycles. The zero-order valence-electron chi connectivity index (χ0n) is 9.88. The monoisotopic (exact) mass is 237 g/mol. The van der Waals surface area contributed by atoms with Crippen molar-refractivity contribution >= 4 is 6.15 Å². The van der Waals surface area contributed by atoms with E-state index < -0.39 is 5.79 Å². The van der Waals surface area contributed by atoms with Crippen molar-refractivity contribution in [2.24, 2.45) is 0 Å². The molecule has 1 fully saturated rings. The Balaban J connectivity index is 0.000000437. The van der Waals surface area contributed by atoms with Crippen LogP contribution >= 0.6 is 0 Å². The summed E-state index contributed by atoms with van der Waals surface area (Å²) in [5.74, 6) is -0.115. The van der Waals surface area contributed by atoms with Gasteiger partial charge < -0.3 is 9.47 Å². The normalized spacial score (nSPS) is 18.7. The second-order valence-electron chi connectivity index (χ2n) is 4.09. The van der Waals surface area contributed by atoms with E-state index in [9.17, 15) is 0 Å². The summed E-state index contributed by atoms with van der Waals surface area (Å²) in [6, 6.07) is 4.00. The standard InChI is InChI=1S/C11H15NO2.CO2/c1-11(2)13-7-10(8-14-11)9-4-3-5-12-6-9;2-1-3/h3-6,10H,7-8H2,1-2H3;. The molecule has 1 aromatic heterocycles. The third-order valence-corrected chi connectivity index (χ3v) is 2.42. The molecule has 0 aromatic carbocycles. The molecule has 0 amide bonds. The second kappa shape index (κ2) is 6.25. The molecule has 0 spiro atoms. The number of hydrogen-bond acceptors (Lipinski definition) is 5. The summed E-state index contributed by atoms with van der Waals surface area (Å²) < 4.78 is 11.2. The average Bonchev–Trinajstić information content (AvgIpc) is 2.31. The lowest BCUT2D eigenvalue weighted by Crippen LogP contribution is -2.38. The zero-order valence-corrected chi connectivity index (χ0v) is 9.88. The lowest BCUT2D eigenvalue weighted by atomic mass is 10.0. The van der Waals surface area contributed by atoms with E-state index in [2.05, 4.69) is 11.1 Å². The molecule has 92 valence electrons. The third-order valence-electron chi connectivity index (χ3n) is 2.42. The Hall–Kier alpha value is -1.55. The number of hydrogen-bond donors (Lipinski definition) is 0. The van der Waals surface area contributed by atoms with Crippen molar-refractivity contribution < 1.29 is 19.1 Å². The van der Waals surface area contributed by atoms with Gasteiger partial charge in [0.1, 0.15) is 0 Å². The van der Waals surface area contributed by atoms with Crippen LogP contribution in [0.3, 0.4) is 0 Å². The van der Waals surface area contributed by atoms with Crippen molar-refractivity contribution in [3.63, 3.8) is 0 Å². The van der Waals surface area contributed by atoms with Crippen LogP contribution in [0.15, 0.2) is 24.5 Å². The first-order valence-electron chi connectivity index (χ1n) is 5.26. The van der Waals surface area contributed by atoms with Gasteiger partial charge in [-0.25, -0.2) is 0 Å². The van der Waals surface area contributed by atoms with Gasteiger partial charge in [0.2, 0.25) is 0 Å². The van der Waals surface area contributed by atoms with Gasteiger partial charge in [-0.1, -0.05) is 6.07 Å². The van der Waals surface area contributed by atoms with Crippen LogP contribution in [0, 0.1) is 0 Å². The SMILES string of the molecule is CC1(C)OCC(c2cccnc2)CO1.O=C=O. The number of pyridine rings is 1. The average molecular weight is 237 g/mol. The molecular formula is C12H15NO4. The topological polar surface area (TPSA) is 65.5 Å². The third kappa shape index (κ3) is 4.44. The van der Waals surface area contributed by atoms with Crippen LogP contribution in [0.4, 0.5) is 0 Å². The molecule has 5 heteroatoms. The van der Waals surface area contributed by atoms with Crippen LogP contribution in [-0.4, -0.2) is 30.1 Å².